The number of nitrogens with zero attached hydrogens (tertiary/aromatic N) is 1. The number of carbonyl (C=O) groups is 2. The number of hydrogen-bond donors (Lipinski definition) is 5. The summed E-state index contributed by atoms with van der Waals surface area (Å²) in [5.74, 6) is 0.0452. The van der Waals surface area contributed by atoms with Crippen LogP contribution in [0, 0.1) is 11.7 Å². The number of aryl methyl sites for hydroxylation is 1. The zero-order chi connectivity index (χ0) is 24.1. The molecule has 2 aromatic carbocycles. The van der Waals surface area contributed by atoms with E-state index >= 15 is 0 Å². The van der Waals surface area contributed by atoms with Crippen molar-refractivity contribution < 1.29 is 9.59 Å². The summed E-state index contributed by atoms with van der Waals surface area (Å²) in [6.45, 7) is 5.37. The Bertz CT molecular complexity index is 1420. The third-order valence-electron chi connectivity index (χ3n) is 4.96. The molecule has 2 heterocycles. The Morgan fingerprint density at radius 3 is 2.44 bits per heavy atom. The minimum Gasteiger partial charge on any atom is -0.340 e. The number of nitrogens with one attached hydrogen (secondary N) is 5. The average molecular weight is 471 g/mol. The second kappa shape index (κ2) is 9.97. The van der Waals surface area contributed by atoms with Gasteiger partial charge in [-0.05, 0) is 79.8 Å². The van der Waals surface area contributed by atoms with Crippen LogP contribution in [-0.4, -0.2) is 26.8 Å². The Labute approximate surface area is 201 Å². The standard InChI is InChI=1S/C25H22N6O2S/c1-3-22(32)29-20-6-4-5-17(13-20)24(33)30-19-9-7-18(8-10-19)28-21-14-16(11-12-26-21)23-15(2)27-25(34)31-23/h3-14H,1H2,2H3,(H,26,28)(H,29,32)(H,30,33)(H2,27,31,34). The smallest absolute Gasteiger partial charge is 0.255 e. The first-order valence-corrected chi connectivity index (χ1v) is 10.8. The van der Waals surface area contributed by atoms with Crippen molar-refractivity contribution >= 4 is 46.9 Å². The van der Waals surface area contributed by atoms with Gasteiger partial charge in [-0.1, -0.05) is 12.6 Å². The molecule has 4 rings (SSSR count). The van der Waals surface area contributed by atoms with E-state index in [9.17, 15) is 9.59 Å². The summed E-state index contributed by atoms with van der Waals surface area (Å²) in [7, 11) is 0. The fourth-order valence-electron chi connectivity index (χ4n) is 3.33. The lowest BCUT2D eigenvalue weighted by Crippen LogP contribution is -2.13. The number of aromatic amines is 2. The predicted molar refractivity (Wildman–Crippen MR) is 137 cm³/mol. The molecule has 0 unspecified atom stereocenters. The molecule has 0 radical (unpaired) electrons. The zero-order valence-electron chi connectivity index (χ0n) is 18.3. The molecule has 0 aliphatic rings. The minimum absolute atomic E-state index is 0.288. The third kappa shape index (κ3) is 5.45. The monoisotopic (exact) mass is 470 g/mol. The van der Waals surface area contributed by atoms with E-state index in [2.05, 4.69) is 37.5 Å². The maximum absolute atomic E-state index is 12.6. The first-order valence-electron chi connectivity index (χ1n) is 10.4. The van der Waals surface area contributed by atoms with Gasteiger partial charge in [-0.2, -0.15) is 0 Å². The Kier molecular flexibility index (Phi) is 6.65. The lowest BCUT2D eigenvalue weighted by Gasteiger charge is -2.10. The van der Waals surface area contributed by atoms with Crippen LogP contribution in [0.15, 0.2) is 79.5 Å². The Hall–Kier alpha value is -4.50. The fraction of sp³-hybridized carbons (Fsp3) is 0.0400. The summed E-state index contributed by atoms with van der Waals surface area (Å²) in [4.78, 5) is 34.7. The second-order valence-electron chi connectivity index (χ2n) is 7.44. The molecule has 2 amide bonds. The van der Waals surface area contributed by atoms with E-state index in [-0.39, 0.29) is 11.8 Å². The average Bonchev–Trinajstić information content (AvgIpc) is 3.18. The van der Waals surface area contributed by atoms with Gasteiger partial charge in [0, 0.05) is 40.1 Å². The van der Waals surface area contributed by atoms with Crippen LogP contribution in [0.5, 0.6) is 0 Å². The van der Waals surface area contributed by atoms with Gasteiger partial charge in [0.25, 0.3) is 5.91 Å². The van der Waals surface area contributed by atoms with Gasteiger partial charge in [0.15, 0.2) is 4.77 Å². The highest BCUT2D eigenvalue weighted by molar-refractivity contribution is 7.71. The van der Waals surface area contributed by atoms with Gasteiger partial charge >= 0.3 is 0 Å². The Morgan fingerprint density at radius 1 is 0.971 bits per heavy atom. The van der Waals surface area contributed by atoms with Crippen molar-refractivity contribution in [1.29, 1.82) is 0 Å². The topological polar surface area (TPSA) is 115 Å². The molecule has 2 aromatic heterocycles. The quantitative estimate of drug-likeness (QED) is 0.179. The van der Waals surface area contributed by atoms with Crippen LogP contribution in [0.2, 0.25) is 0 Å². The zero-order valence-corrected chi connectivity index (χ0v) is 19.1. The van der Waals surface area contributed by atoms with Crippen LogP contribution >= 0.6 is 12.2 Å². The largest absolute Gasteiger partial charge is 0.340 e. The van der Waals surface area contributed by atoms with Gasteiger partial charge < -0.3 is 25.9 Å². The van der Waals surface area contributed by atoms with Crippen LogP contribution in [0.25, 0.3) is 11.3 Å². The first-order chi connectivity index (χ1) is 16.4. The maximum atomic E-state index is 12.6. The highest BCUT2D eigenvalue weighted by Gasteiger charge is 2.09. The molecule has 9 heteroatoms. The summed E-state index contributed by atoms with van der Waals surface area (Å²) in [6, 6.07) is 17.8. The Balaban J connectivity index is 1.42. The molecule has 0 aliphatic carbocycles. The number of rotatable bonds is 7. The first kappa shape index (κ1) is 22.7. The molecule has 0 bridgehead atoms. The molecule has 170 valence electrons. The third-order valence-corrected chi connectivity index (χ3v) is 5.16. The molecule has 0 aliphatic heterocycles. The van der Waals surface area contributed by atoms with Crippen LogP contribution in [0.1, 0.15) is 16.1 Å². The number of H-pyrrole nitrogens is 2. The van der Waals surface area contributed by atoms with E-state index < -0.39 is 0 Å². The van der Waals surface area contributed by atoms with E-state index in [1.807, 2.05) is 31.2 Å². The van der Waals surface area contributed by atoms with Gasteiger partial charge in [0.1, 0.15) is 5.82 Å². The van der Waals surface area contributed by atoms with E-state index in [4.69, 9.17) is 12.2 Å². The number of benzene rings is 2. The van der Waals surface area contributed by atoms with Crippen LogP contribution in [0.3, 0.4) is 0 Å². The van der Waals surface area contributed by atoms with Crippen molar-refractivity contribution in [3.8, 4) is 11.3 Å². The normalized spacial score (nSPS) is 10.4. The lowest BCUT2D eigenvalue weighted by molar-refractivity contribution is -0.111. The number of imidazole rings is 1. The van der Waals surface area contributed by atoms with Gasteiger partial charge in [0.05, 0.1) is 5.69 Å². The summed E-state index contributed by atoms with van der Waals surface area (Å²) < 4.78 is 0.574. The molecule has 5 N–H and O–H groups in total. The number of hydrogen-bond acceptors (Lipinski definition) is 5. The van der Waals surface area contributed by atoms with E-state index in [1.54, 1.807) is 42.6 Å². The highest BCUT2D eigenvalue weighted by atomic mass is 32.1. The molecule has 0 saturated heterocycles. The van der Waals surface area contributed by atoms with Crippen molar-refractivity contribution in [3.05, 3.63) is 95.5 Å². The number of aromatic nitrogens is 3. The van der Waals surface area contributed by atoms with Crippen LogP contribution in [0.4, 0.5) is 22.9 Å². The molecule has 0 saturated carbocycles. The summed E-state index contributed by atoms with van der Waals surface area (Å²) in [5.41, 5.74) is 5.21. The van der Waals surface area contributed by atoms with E-state index in [0.717, 1.165) is 22.6 Å². The Morgan fingerprint density at radius 2 is 1.74 bits per heavy atom. The van der Waals surface area contributed by atoms with Crippen molar-refractivity contribution in [1.82, 2.24) is 15.0 Å². The molecule has 4 aromatic rings. The van der Waals surface area contributed by atoms with Crippen molar-refractivity contribution in [2.45, 2.75) is 6.92 Å². The maximum Gasteiger partial charge on any atom is 0.255 e. The highest BCUT2D eigenvalue weighted by Crippen LogP contribution is 2.24. The molecular formula is C25H22N6O2S. The van der Waals surface area contributed by atoms with Gasteiger partial charge in [-0.25, -0.2) is 4.98 Å². The second-order valence-corrected chi connectivity index (χ2v) is 7.85. The van der Waals surface area contributed by atoms with Crippen molar-refractivity contribution in [2.75, 3.05) is 16.0 Å². The molecular weight excluding hydrogens is 448 g/mol. The number of pyridine rings is 1. The number of amides is 2. The van der Waals surface area contributed by atoms with E-state index in [0.29, 0.717) is 27.5 Å². The SMILES string of the molecule is C=CC(=O)Nc1cccc(C(=O)Nc2ccc(Nc3cc(-c4[nH]c(=S)[nH]c4C)ccn3)cc2)c1. The fourth-order valence-corrected chi connectivity index (χ4v) is 3.59. The summed E-state index contributed by atoms with van der Waals surface area (Å²) in [5, 5.41) is 8.75. The van der Waals surface area contributed by atoms with Crippen molar-refractivity contribution in [3.63, 3.8) is 0 Å². The molecule has 0 atom stereocenters. The molecule has 8 nitrogen and oxygen atoms in total. The predicted octanol–water partition coefficient (Wildman–Crippen LogP) is 5.56. The molecule has 0 fully saturated rings. The number of carbonyl (C=O) groups excluding carboxylic acids is 2. The lowest BCUT2D eigenvalue weighted by atomic mass is 10.1. The van der Waals surface area contributed by atoms with E-state index in [1.165, 1.54) is 6.08 Å². The summed E-state index contributed by atoms with van der Waals surface area (Å²) >= 11 is 5.17. The van der Waals surface area contributed by atoms with Gasteiger partial charge in [0.2, 0.25) is 5.91 Å². The van der Waals surface area contributed by atoms with Gasteiger partial charge in [-0.15, -0.1) is 0 Å². The van der Waals surface area contributed by atoms with Crippen LogP contribution in [-0.2, 0) is 4.79 Å². The minimum atomic E-state index is -0.341. The molecule has 0 spiro atoms. The summed E-state index contributed by atoms with van der Waals surface area (Å²) in [6.07, 6.45) is 2.89. The van der Waals surface area contributed by atoms with Crippen molar-refractivity contribution in [2.24, 2.45) is 0 Å². The molecule has 34 heavy (non-hydrogen) atoms. The van der Waals surface area contributed by atoms with Crippen LogP contribution < -0.4 is 16.0 Å². The number of anilines is 4. The van der Waals surface area contributed by atoms with Gasteiger partial charge in [-0.3, -0.25) is 9.59 Å².